The molecular weight excluding hydrogens is 262 g/mol. The quantitative estimate of drug-likeness (QED) is 0.769. The van der Waals surface area contributed by atoms with Crippen molar-refractivity contribution in [3.05, 3.63) is 65.2 Å². The zero-order valence-electron chi connectivity index (χ0n) is 12.7. The van der Waals surface area contributed by atoms with Gasteiger partial charge in [-0.05, 0) is 37.6 Å². The fourth-order valence-corrected chi connectivity index (χ4v) is 2.34. The monoisotopic (exact) mass is 285 g/mol. The number of methoxy groups -OCH3 is 1. The van der Waals surface area contributed by atoms with Crippen molar-refractivity contribution < 1.29 is 9.84 Å². The molecule has 0 bridgehead atoms. The van der Waals surface area contributed by atoms with Crippen LogP contribution in [-0.2, 0) is 6.42 Å². The van der Waals surface area contributed by atoms with Crippen LogP contribution in [0.5, 0.6) is 5.75 Å². The molecule has 0 fully saturated rings. The normalized spacial score (nSPS) is 12.1. The Labute approximate surface area is 126 Å². The summed E-state index contributed by atoms with van der Waals surface area (Å²) in [7, 11) is 1.63. The van der Waals surface area contributed by atoms with E-state index in [0.717, 1.165) is 29.8 Å². The predicted octanol–water partition coefficient (Wildman–Crippen LogP) is 2.87. The Kier molecular flexibility index (Phi) is 5.78. The van der Waals surface area contributed by atoms with Gasteiger partial charge in [-0.1, -0.05) is 42.0 Å². The lowest BCUT2D eigenvalue weighted by Gasteiger charge is -2.16. The van der Waals surface area contributed by atoms with Crippen molar-refractivity contribution in [3.8, 4) is 5.75 Å². The van der Waals surface area contributed by atoms with Crippen LogP contribution in [0.15, 0.2) is 48.5 Å². The molecule has 0 aliphatic heterocycles. The van der Waals surface area contributed by atoms with E-state index in [9.17, 15) is 5.11 Å². The van der Waals surface area contributed by atoms with E-state index >= 15 is 0 Å². The number of aliphatic hydroxyl groups is 1. The third-order valence-electron chi connectivity index (χ3n) is 3.52. The molecule has 2 rings (SSSR count). The molecule has 3 heteroatoms. The van der Waals surface area contributed by atoms with E-state index < -0.39 is 6.10 Å². The lowest BCUT2D eigenvalue weighted by Crippen LogP contribution is -2.24. The largest absolute Gasteiger partial charge is 0.496 e. The van der Waals surface area contributed by atoms with Gasteiger partial charge in [-0.3, -0.25) is 0 Å². The Bertz CT molecular complexity index is 554. The Hall–Kier alpha value is -1.84. The lowest BCUT2D eigenvalue weighted by atomic mass is 10.0. The number of hydrogen-bond donors (Lipinski definition) is 2. The highest BCUT2D eigenvalue weighted by Gasteiger charge is 2.12. The predicted molar refractivity (Wildman–Crippen MR) is 85.7 cm³/mol. The topological polar surface area (TPSA) is 41.5 Å². The molecule has 0 saturated heterocycles. The number of nitrogens with one attached hydrogen (secondary N) is 1. The van der Waals surface area contributed by atoms with Crippen molar-refractivity contribution in [1.29, 1.82) is 0 Å². The molecule has 2 aromatic rings. The molecule has 0 aliphatic rings. The molecule has 2 N–H and O–H groups in total. The van der Waals surface area contributed by atoms with E-state index in [2.05, 4.69) is 17.4 Å². The number of rotatable bonds is 7. The molecule has 0 spiro atoms. The summed E-state index contributed by atoms with van der Waals surface area (Å²) in [6.45, 7) is 3.38. The molecule has 0 amide bonds. The maximum absolute atomic E-state index is 10.3. The van der Waals surface area contributed by atoms with E-state index in [-0.39, 0.29) is 0 Å². The maximum atomic E-state index is 10.3. The van der Waals surface area contributed by atoms with E-state index in [4.69, 9.17) is 4.74 Å². The lowest BCUT2D eigenvalue weighted by molar-refractivity contribution is 0.171. The molecule has 0 radical (unpaired) electrons. The highest BCUT2D eigenvalue weighted by Crippen LogP contribution is 2.25. The van der Waals surface area contributed by atoms with Gasteiger partial charge in [-0.25, -0.2) is 0 Å². The fraction of sp³-hybridized carbons (Fsp3) is 0.333. The van der Waals surface area contributed by atoms with Crippen molar-refractivity contribution in [2.75, 3.05) is 20.2 Å². The van der Waals surface area contributed by atoms with Gasteiger partial charge in [-0.15, -0.1) is 0 Å². The molecular formula is C18H23NO2. The van der Waals surface area contributed by atoms with Crippen molar-refractivity contribution in [3.63, 3.8) is 0 Å². The van der Waals surface area contributed by atoms with E-state index in [1.807, 2.05) is 43.3 Å². The Morgan fingerprint density at radius 3 is 2.62 bits per heavy atom. The first-order valence-electron chi connectivity index (χ1n) is 7.28. The van der Waals surface area contributed by atoms with Crippen molar-refractivity contribution in [2.24, 2.45) is 0 Å². The second kappa shape index (κ2) is 7.81. The molecule has 0 saturated carbocycles. The highest BCUT2D eigenvalue weighted by molar-refractivity contribution is 5.38. The van der Waals surface area contributed by atoms with Gasteiger partial charge < -0.3 is 15.2 Å². The zero-order valence-corrected chi connectivity index (χ0v) is 12.7. The number of ether oxygens (including phenoxy) is 1. The average molecular weight is 285 g/mol. The van der Waals surface area contributed by atoms with Gasteiger partial charge in [0.2, 0.25) is 0 Å². The Morgan fingerprint density at radius 2 is 1.90 bits per heavy atom. The van der Waals surface area contributed by atoms with Gasteiger partial charge in [0.25, 0.3) is 0 Å². The smallest absolute Gasteiger partial charge is 0.124 e. The number of hydrogen-bond acceptors (Lipinski definition) is 3. The molecule has 21 heavy (non-hydrogen) atoms. The first kappa shape index (κ1) is 15.5. The molecule has 0 aromatic heterocycles. The van der Waals surface area contributed by atoms with Crippen LogP contribution in [-0.4, -0.2) is 25.3 Å². The van der Waals surface area contributed by atoms with Crippen LogP contribution >= 0.6 is 0 Å². The van der Waals surface area contributed by atoms with Gasteiger partial charge in [0, 0.05) is 12.1 Å². The summed E-state index contributed by atoms with van der Waals surface area (Å²) >= 11 is 0. The van der Waals surface area contributed by atoms with Gasteiger partial charge in [0.15, 0.2) is 0 Å². The first-order chi connectivity index (χ1) is 10.2. The second-order valence-electron chi connectivity index (χ2n) is 5.20. The van der Waals surface area contributed by atoms with Crippen molar-refractivity contribution in [1.82, 2.24) is 5.32 Å². The first-order valence-corrected chi connectivity index (χ1v) is 7.28. The second-order valence-corrected chi connectivity index (χ2v) is 5.20. The minimum Gasteiger partial charge on any atom is -0.496 e. The van der Waals surface area contributed by atoms with Gasteiger partial charge in [0.1, 0.15) is 5.75 Å². The summed E-state index contributed by atoms with van der Waals surface area (Å²) in [5.74, 6) is 0.734. The molecule has 0 heterocycles. The van der Waals surface area contributed by atoms with Crippen molar-refractivity contribution in [2.45, 2.75) is 19.4 Å². The highest BCUT2D eigenvalue weighted by atomic mass is 16.5. The number of aryl methyl sites for hydroxylation is 1. The number of aliphatic hydroxyl groups excluding tert-OH is 1. The Morgan fingerprint density at radius 1 is 1.14 bits per heavy atom. The van der Waals surface area contributed by atoms with Crippen LogP contribution in [0.1, 0.15) is 22.8 Å². The third-order valence-corrected chi connectivity index (χ3v) is 3.52. The van der Waals surface area contributed by atoms with Crippen LogP contribution < -0.4 is 10.1 Å². The van der Waals surface area contributed by atoms with Crippen LogP contribution in [0, 0.1) is 6.92 Å². The van der Waals surface area contributed by atoms with Crippen molar-refractivity contribution >= 4 is 0 Å². The molecule has 1 atom stereocenters. The van der Waals surface area contributed by atoms with Crippen LogP contribution in [0.2, 0.25) is 0 Å². The van der Waals surface area contributed by atoms with E-state index in [1.54, 1.807) is 7.11 Å². The van der Waals surface area contributed by atoms with Crippen LogP contribution in [0.25, 0.3) is 0 Å². The van der Waals surface area contributed by atoms with Gasteiger partial charge >= 0.3 is 0 Å². The summed E-state index contributed by atoms with van der Waals surface area (Å²) < 4.78 is 5.31. The van der Waals surface area contributed by atoms with Gasteiger partial charge in [-0.2, -0.15) is 0 Å². The Balaban J connectivity index is 1.84. The summed E-state index contributed by atoms with van der Waals surface area (Å²) in [6, 6.07) is 16.2. The molecule has 1 unspecified atom stereocenters. The number of benzene rings is 2. The van der Waals surface area contributed by atoms with Crippen LogP contribution in [0.3, 0.4) is 0 Å². The molecule has 3 nitrogen and oxygen atoms in total. The van der Waals surface area contributed by atoms with Crippen LogP contribution in [0.4, 0.5) is 0 Å². The summed E-state index contributed by atoms with van der Waals surface area (Å²) in [4.78, 5) is 0. The maximum Gasteiger partial charge on any atom is 0.124 e. The van der Waals surface area contributed by atoms with Gasteiger partial charge in [0.05, 0.1) is 13.2 Å². The summed E-state index contributed by atoms with van der Waals surface area (Å²) in [5, 5.41) is 13.6. The standard InChI is InChI=1S/C18H23NO2/c1-14-8-9-18(21-2)16(12-14)17(20)13-19-11-10-15-6-4-3-5-7-15/h3-9,12,17,19-20H,10-11,13H2,1-2H3. The summed E-state index contributed by atoms with van der Waals surface area (Å²) in [5.41, 5.74) is 3.26. The fourth-order valence-electron chi connectivity index (χ4n) is 2.34. The minimum atomic E-state index is -0.560. The summed E-state index contributed by atoms with van der Waals surface area (Å²) in [6.07, 6.45) is 0.397. The average Bonchev–Trinajstić information content (AvgIpc) is 2.52. The molecule has 0 aliphatic carbocycles. The molecule has 112 valence electrons. The van der Waals surface area contributed by atoms with E-state index in [1.165, 1.54) is 5.56 Å². The zero-order chi connectivity index (χ0) is 15.1. The van der Waals surface area contributed by atoms with E-state index in [0.29, 0.717) is 6.54 Å². The third kappa shape index (κ3) is 4.59. The molecule has 2 aromatic carbocycles. The SMILES string of the molecule is COc1ccc(C)cc1C(O)CNCCc1ccccc1. The minimum absolute atomic E-state index is 0.520.